The summed E-state index contributed by atoms with van der Waals surface area (Å²) in [6.45, 7) is 1.91. The molecule has 1 N–H and O–H groups in total. The Morgan fingerprint density at radius 1 is 1.33 bits per heavy atom. The second kappa shape index (κ2) is 6.08. The van der Waals surface area contributed by atoms with E-state index in [9.17, 15) is 13.2 Å². The second-order valence-corrected chi connectivity index (χ2v) is 6.88. The fourth-order valence-electron chi connectivity index (χ4n) is 2.55. The van der Waals surface area contributed by atoms with Gasteiger partial charge in [0, 0.05) is 24.4 Å². The van der Waals surface area contributed by atoms with Crippen LogP contribution in [0.5, 0.6) is 0 Å². The molecule has 0 aliphatic carbocycles. The Labute approximate surface area is 138 Å². The van der Waals surface area contributed by atoms with E-state index in [1.807, 2.05) is 35.9 Å². The lowest BCUT2D eigenvalue weighted by Gasteiger charge is -2.06. The zero-order valence-electron chi connectivity index (χ0n) is 13.2. The van der Waals surface area contributed by atoms with Gasteiger partial charge in [-0.1, -0.05) is 30.3 Å². The number of sulfonamides is 1. The molecule has 0 unspecified atom stereocenters. The number of rotatable bonds is 5. The van der Waals surface area contributed by atoms with E-state index >= 15 is 0 Å². The highest BCUT2D eigenvalue weighted by molar-refractivity contribution is 7.90. The smallest absolute Gasteiger partial charge is 0.282 e. The van der Waals surface area contributed by atoms with E-state index in [0.29, 0.717) is 23.3 Å². The van der Waals surface area contributed by atoms with Crippen molar-refractivity contribution in [2.75, 3.05) is 0 Å². The number of furan rings is 1. The van der Waals surface area contributed by atoms with E-state index in [1.165, 1.54) is 7.05 Å². The number of para-hydroxylation sites is 1. The molecular weight excluding hydrogens is 332 g/mol. The molecule has 0 spiro atoms. The normalized spacial score (nSPS) is 11.8. The molecule has 0 atom stereocenters. The predicted octanol–water partition coefficient (Wildman–Crippen LogP) is 1.17. The maximum atomic E-state index is 12.3. The van der Waals surface area contributed by atoms with E-state index < -0.39 is 15.9 Å². The highest BCUT2D eigenvalue weighted by atomic mass is 32.2. The van der Waals surface area contributed by atoms with Crippen molar-refractivity contribution in [3.8, 4) is 0 Å². The number of hydrogen-bond donors (Lipinski definition) is 1. The Morgan fingerprint density at radius 3 is 2.75 bits per heavy atom. The molecule has 1 amide bonds. The van der Waals surface area contributed by atoms with Crippen LogP contribution in [-0.4, -0.2) is 29.3 Å². The highest BCUT2D eigenvalue weighted by Gasteiger charge is 2.23. The van der Waals surface area contributed by atoms with Gasteiger partial charge in [-0.2, -0.15) is 8.42 Å². The van der Waals surface area contributed by atoms with Gasteiger partial charge < -0.3 is 4.42 Å². The Hall–Kier alpha value is -2.68. The zero-order chi connectivity index (χ0) is 17.3. The van der Waals surface area contributed by atoms with Crippen LogP contribution in [0.25, 0.3) is 11.0 Å². The standard InChI is InChI=1S/C15H16N4O4S/c1-3-12-11(10-6-4-5-7-13(10)23-12)8-14(20)17-24(21,22)15-9-16-18-19(15)2/h4-7,9H,3,8H2,1-2H3,(H,17,20). The van der Waals surface area contributed by atoms with Crippen molar-refractivity contribution >= 4 is 26.9 Å². The van der Waals surface area contributed by atoms with Crippen molar-refractivity contribution < 1.29 is 17.6 Å². The Balaban J connectivity index is 1.87. The first-order chi connectivity index (χ1) is 11.4. The minimum atomic E-state index is -4.02. The lowest BCUT2D eigenvalue weighted by Crippen LogP contribution is -2.33. The number of aromatic nitrogens is 3. The molecule has 3 rings (SSSR count). The summed E-state index contributed by atoms with van der Waals surface area (Å²) in [4.78, 5) is 12.3. The van der Waals surface area contributed by atoms with E-state index in [1.54, 1.807) is 0 Å². The van der Waals surface area contributed by atoms with Crippen LogP contribution in [0.1, 0.15) is 18.2 Å². The predicted molar refractivity (Wildman–Crippen MR) is 85.6 cm³/mol. The van der Waals surface area contributed by atoms with Gasteiger partial charge >= 0.3 is 0 Å². The van der Waals surface area contributed by atoms with Crippen molar-refractivity contribution in [3.63, 3.8) is 0 Å². The van der Waals surface area contributed by atoms with Gasteiger partial charge in [0.1, 0.15) is 11.3 Å². The zero-order valence-corrected chi connectivity index (χ0v) is 14.0. The van der Waals surface area contributed by atoms with Crippen molar-refractivity contribution in [2.24, 2.45) is 7.05 Å². The van der Waals surface area contributed by atoms with Gasteiger partial charge in [-0.25, -0.2) is 9.40 Å². The summed E-state index contributed by atoms with van der Waals surface area (Å²) < 4.78 is 33.3. The molecule has 0 fully saturated rings. The third-order valence-corrected chi connectivity index (χ3v) is 5.05. The van der Waals surface area contributed by atoms with Crippen LogP contribution in [0, 0.1) is 0 Å². The fraction of sp³-hybridized carbons (Fsp3) is 0.267. The Kier molecular flexibility index (Phi) is 4.10. The summed E-state index contributed by atoms with van der Waals surface area (Å²) in [6, 6.07) is 7.35. The summed E-state index contributed by atoms with van der Waals surface area (Å²) in [5, 5.41) is 7.69. The maximum absolute atomic E-state index is 12.3. The number of nitrogens with one attached hydrogen (secondary N) is 1. The molecule has 0 saturated heterocycles. The van der Waals surface area contributed by atoms with Gasteiger partial charge in [-0.15, -0.1) is 5.10 Å². The molecule has 126 valence electrons. The van der Waals surface area contributed by atoms with Crippen molar-refractivity contribution in [1.29, 1.82) is 0 Å². The summed E-state index contributed by atoms with van der Waals surface area (Å²) in [6.07, 6.45) is 1.60. The molecule has 1 aromatic carbocycles. The van der Waals surface area contributed by atoms with Gasteiger partial charge in [-0.05, 0) is 6.07 Å². The van der Waals surface area contributed by atoms with Crippen molar-refractivity contribution in [1.82, 2.24) is 19.7 Å². The number of benzene rings is 1. The summed E-state index contributed by atoms with van der Waals surface area (Å²) in [5.41, 5.74) is 1.37. The monoisotopic (exact) mass is 348 g/mol. The molecule has 8 nitrogen and oxygen atoms in total. The molecule has 2 heterocycles. The Bertz CT molecular complexity index is 1000. The van der Waals surface area contributed by atoms with E-state index in [4.69, 9.17) is 4.42 Å². The topological polar surface area (TPSA) is 107 Å². The quantitative estimate of drug-likeness (QED) is 0.742. The average molecular weight is 348 g/mol. The first-order valence-corrected chi connectivity index (χ1v) is 8.80. The average Bonchev–Trinajstić information content (AvgIpc) is 3.11. The lowest BCUT2D eigenvalue weighted by molar-refractivity contribution is -0.118. The lowest BCUT2D eigenvalue weighted by atomic mass is 10.1. The molecule has 0 bridgehead atoms. The molecule has 0 saturated carbocycles. The van der Waals surface area contributed by atoms with Crippen LogP contribution >= 0.6 is 0 Å². The molecule has 0 radical (unpaired) electrons. The van der Waals surface area contributed by atoms with Crippen LogP contribution in [0.15, 0.2) is 39.9 Å². The molecule has 3 aromatic rings. The van der Waals surface area contributed by atoms with E-state index in [2.05, 4.69) is 10.3 Å². The summed E-state index contributed by atoms with van der Waals surface area (Å²) in [5.74, 6) is 0.0309. The molecule has 24 heavy (non-hydrogen) atoms. The highest BCUT2D eigenvalue weighted by Crippen LogP contribution is 2.26. The molecular formula is C15H16N4O4S. The van der Waals surface area contributed by atoms with E-state index in [-0.39, 0.29) is 11.4 Å². The van der Waals surface area contributed by atoms with Crippen LogP contribution in [0.2, 0.25) is 0 Å². The van der Waals surface area contributed by atoms with Gasteiger partial charge in [0.15, 0.2) is 5.03 Å². The first-order valence-electron chi connectivity index (χ1n) is 7.32. The minimum absolute atomic E-state index is 0.0926. The molecule has 0 aliphatic heterocycles. The number of nitrogens with zero attached hydrogens (tertiary/aromatic N) is 3. The largest absolute Gasteiger partial charge is 0.461 e. The van der Waals surface area contributed by atoms with Crippen molar-refractivity contribution in [3.05, 3.63) is 41.8 Å². The maximum Gasteiger partial charge on any atom is 0.282 e. The van der Waals surface area contributed by atoms with Crippen LogP contribution in [0.4, 0.5) is 0 Å². The van der Waals surface area contributed by atoms with Gasteiger partial charge in [0.05, 0.1) is 12.6 Å². The van der Waals surface area contributed by atoms with E-state index in [0.717, 1.165) is 16.3 Å². The number of fused-ring (bicyclic) bond motifs is 1. The molecule has 2 aromatic heterocycles. The summed E-state index contributed by atoms with van der Waals surface area (Å²) >= 11 is 0. The number of aryl methyl sites for hydroxylation is 2. The van der Waals surface area contributed by atoms with Gasteiger partial charge in [0.25, 0.3) is 10.0 Å². The summed E-state index contributed by atoms with van der Waals surface area (Å²) in [7, 11) is -2.58. The number of hydrogen-bond acceptors (Lipinski definition) is 6. The second-order valence-electron chi connectivity index (χ2n) is 5.25. The minimum Gasteiger partial charge on any atom is -0.461 e. The molecule has 9 heteroatoms. The third kappa shape index (κ3) is 2.90. The van der Waals surface area contributed by atoms with Crippen molar-refractivity contribution in [2.45, 2.75) is 24.8 Å². The van der Waals surface area contributed by atoms with Crippen LogP contribution in [0.3, 0.4) is 0 Å². The van der Waals surface area contributed by atoms with Crippen LogP contribution < -0.4 is 4.72 Å². The third-order valence-electron chi connectivity index (χ3n) is 3.64. The van der Waals surface area contributed by atoms with Gasteiger partial charge in [-0.3, -0.25) is 4.79 Å². The molecule has 0 aliphatic rings. The first kappa shape index (κ1) is 16.2. The number of carbonyl (C=O) groups excluding carboxylic acids is 1. The van der Waals surface area contributed by atoms with Gasteiger partial charge in [0.2, 0.25) is 5.91 Å². The van der Waals surface area contributed by atoms with Crippen LogP contribution in [-0.2, 0) is 34.7 Å². The SMILES string of the molecule is CCc1oc2ccccc2c1CC(=O)NS(=O)(=O)c1cnnn1C. The number of carbonyl (C=O) groups is 1. The Morgan fingerprint density at radius 2 is 2.08 bits per heavy atom. The number of amides is 1. The fourth-order valence-corrected chi connectivity index (χ4v) is 3.60.